The summed E-state index contributed by atoms with van der Waals surface area (Å²) in [5.74, 6) is 0. The van der Waals surface area contributed by atoms with Gasteiger partial charge in [0, 0.05) is 63.8 Å². The van der Waals surface area contributed by atoms with Gasteiger partial charge in [-0.25, -0.2) is 0 Å². The number of aryl methyl sites for hydroxylation is 2. The molecule has 0 spiro atoms. The Hall–Kier alpha value is -1.85. The van der Waals surface area contributed by atoms with Crippen LogP contribution in [-0.2, 0) is 20.1 Å². The van der Waals surface area contributed by atoms with Gasteiger partial charge in [0.15, 0.2) is 0 Å². The average molecular weight is 299 g/mol. The van der Waals surface area contributed by atoms with Gasteiger partial charge >= 0.3 is 0 Å². The standard InChI is InChI=1S/C17H25N5/c1-14-16(12-20(2)19-14)13-21-7-9-22(10-8-21)17-5-3-15(11-18)4-6-17/h3-6,12H,7-11,13,18H2,1-2H3. The summed E-state index contributed by atoms with van der Waals surface area (Å²) >= 11 is 0. The number of hydrogen-bond donors (Lipinski definition) is 1. The summed E-state index contributed by atoms with van der Waals surface area (Å²) in [6.45, 7) is 8.02. The highest BCUT2D eigenvalue weighted by atomic mass is 15.3. The van der Waals surface area contributed by atoms with Crippen LogP contribution < -0.4 is 10.6 Å². The number of anilines is 1. The van der Waals surface area contributed by atoms with Gasteiger partial charge < -0.3 is 10.6 Å². The van der Waals surface area contributed by atoms with E-state index in [9.17, 15) is 0 Å². The lowest BCUT2D eigenvalue weighted by Gasteiger charge is -2.36. The molecule has 1 saturated heterocycles. The van der Waals surface area contributed by atoms with Crippen LogP contribution in [-0.4, -0.2) is 40.9 Å². The van der Waals surface area contributed by atoms with E-state index < -0.39 is 0 Å². The van der Waals surface area contributed by atoms with Crippen molar-refractivity contribution in [3.05, 3.63) is 47.3 Å². The van der Waals surface area contributed by atoms with Gasteiger partial charge in [0.05, 0.1) is 5.69 Å². The first kappa shape index (κ1) is 15.1. The molecule has 0 atom stereocenters. The van der Waals surface area contributed by atoms with E-state index in [4.69, 9.17) is 5.73 Å². The zero-order valence-corrected chi connectivity index (χ0v) is 13.5. The average Bonchev–Trinajstić information content (AvgIpc) is 2.86. The molecular formula is C17H25N5. The minimum atomic E-state index is 0.610. The number of aromatic nitrogens is 2. The molecule has 1 aliphatic heterocycles. The SMILES string of the molecule is Cc1nn(C)cc1CN1CCN(c2ccc(CN)cc2)CC1. The van der Waals surface area contributed by atoms with Crippen LogP contribution in [0.2, 0.25) is 0 Å². The molecular weight excluding hydrogens is 274 g/mol. The van der Waals surface area contributed by atoms with Crippen molar-refractivity contribution < 1.29 is 0 Å². The van der Waals surface area contributed by atoms with Gasteiger partial charge in [-0.2, -0.15) is 5.10 Å². The maximum Gasteiger partial charge on any atom is 0.0638 e. The molecule has 0 aliphatic carbocycles. The van der Waals surface area contributed by atoms with Crippen molar-refractivity contribution >= 4 is 5.69 Å². The fourth-order valence-electron chi connectivity index (χ4n) is 3.05. The molecule has 3 rings (SSSR count). The predicted octanol–water partition coefficient (Wildman–Crippen LogP) is 1.51. The van der Waals surface area contributed by atoms with Crippen molar-refractivity contribution in [3.8, 4) is 0 Å². The Morgan fingerprint density at radius 2 is 1.77 bits per heavy atom. The predicted molar refractivity (Wildman–Crippen MR) is 89.8 cm³/mol. The summed E-state index contributed by atoms with van der Waals surface area (Å²) in [6.07, 6.45) is 2.13. The molecule has 1 fully saturated rings. The van der Waals surface area contributed by atoms with Crippen molar-refractivity contribution in [1.29, 1.82) is 0 Å². The second kappa shape index (κ2) is 6.50. The highest BCUT2D eigenvalue weighted by Crippen LogP contribution is 2.18. The summed E-state index contributed by atoms with van der Waals surface area (Å²) in [4.78, 5) is 4.96. The van der Waals surface area contributed by atoms with E-state index in [2.05, 4.69) is 52.3 Å². The third kappa shape index (κ3) is 3.31. The van der Waals surface area contributed by atoms with Crippen molar-refractivity contribution in [2.75, 3.05) is 31.1 Å². The Labute approximate surface area is 132 Å². The molecule has 22 heavy (non-hydrogen) atoms. The summed E-state index contributed by atoms with van der Waals surface area (Å²) in [6, 6.07) is 8.62. The molecule has 0 radical (unpaired) electrons. The lowest BCUT2D eigenvalue weighted by Crippen LogP contribution is -2.46. The summed E-state index contributed by atoms with van der Waals surface area (Å²) < 4.78 is 1.90. The van der Waals surface area contributed by atoms with E-state index in [1.54, 1.807) is 0 Å². The lowest BCUT2D eigenvalue weighted by molar-refractivity contribution is 0.249. The molecule has 2 aromatic rings. The van der Waals surface area contributed by atoms with E-state index in [0.29, 0.717) is 6.54 Å². The number of benzene rings is 1. The molecule has 0 bridgehead atoms. The molecule has 118 valence electrons. The zero-order valence-electron chi connectivity index (χ0n) is 13.5. The van der Waals surface area contributed by atoms with E-state index >= 15 is 0 Å². The molecule has 5 heteroatoms. The van der Waals surface area contributed by atoms with Crippen molar-refractivity contribution in [2.45, 2.75) is 20.0 Å². The Morgan fingerprint density at radius 1 is 1.09 bits per heavy atom. The Balaban J connectivity index is 1.56. The quantitative estimate of drug-likeness (QED) is 0.930. The van der Waals surface area contributed by atoms with E-state index in [0.717, 1.165) is 38.4 Å². The van der Waals surface area contributed by atoms with E-state index in [1.807, 2.05) is 11.7 Å². The van der Waals surface area contributed by atoms with Crippen LogP contribution in [0.15, 0.2) is 30.5 Å². The summed E-state index contributed by atoms with van der Waals surface area (Å²) in [5.41, 5.74) is 10.6. The van der Waals surface area contributed by atoms with Gasteiger partial charge in [-0.1, -0.05) is 12.1 Å². The van der Waals surface area contributed by atoms with E-state index in [1.165, 1.54) is 16.8 Å². The van der Waals surface area contributed by atoms with Gasteiger partial charge in [-0.15, -0.1) is 0 Å². The second-order valence-corrected chi connectivity index (χ2v) is 6.05. The molecule has 1 aromatic carbocycles. The molecule has 1 aliphatic rings. The molecule has 0 amide bonds. The number of hydrogen-bond acceptors (Lipinski definition) is 4. The second-order valence-electron chi connectivity index (χ2n) is 6.05. The van der Waals surface area contributed by atoms with Crippen molar-refractivity contribution in [2.24, 2.45) is 12.8 Å². The maximum atomic E-state index is 5.66. The van der Waals surface area contributed by atoms with Crippen LogP contribution in [0.3, 0.4) is 0 Å². The van der Waals surface area contributed by atoms with Gasteiger partial charge in [-0.05, 0) is 24.6 Å². The number of nitrogens with zero attached hydrogens (tertiary/aromatic N) is 4. The van der Waals surface area contributed by atoms with Crippen LogP contribution >= 0.6 is 0 Å². The molecule has 0 unspecified atom stereocenters. The number of rotatable bonds is 4. The zero-order chi connectivity index (χ0) is 15.5. The topological polar surface area (TPSA) is 50.3 Å². The highest BCUT2D eigenvalue weighted by molar-refractivity contribution is 5.48. The third-order valence-electron chi connectivity index (χ3n) is 4.42. The lowest BCUT2D eigenvalue weighted by atomic mass is 10.1. The largest absolute Gasteiger partial charge is 0.369 e. The molecule has 2 N–H and O–H groups in total. The van der Waals surface area contributed by atoms with Crippen LogP contribution in [0.4, 0.5) is 5.69 Å². The smallest absolute Gasteiger partial charge is 0.0638 e. The fraction of sp³-hybridized carbons (Fsp3) is 0.471. The summed E-state index contributed by atoms with van der Waals surface area (Å²) in [7, 11) is 1.99. The van der Waals surface area contributed by atoms with Crippen molar-refractivity contribution in [1.82, 2.24) is 14.7 Å². The molecule has 5 nitrogen and oxygen atoms in total. The first-order valence-corrected chi connectivity index (χ1v) is 7.91. The van der Waals surface area contributed by atoms with Gasteiger partial charge in [0.25, 0.3) is 0 Å². The molecule has 1 aromatic heterocycles. The minimum absolute atomic E-state index is 0.610. The normalized spacial score (nSPS) is 16.2. The monoisotopic (exact) mass is 299 g/mol. The number of nitrogens with two attached hydrogens (primary N) is 1. The van der Waals surface area contributed by atoms with Crippen LogP contribution in [0.5, 0.6) is 0 Å². The van der Waals surface area contributed by atoms with Gasteiger partial charge in [-0.3, -0.25) is 9.58 Å². The van der Waals surface area contributed by atoms with Gasteiger partial charge in [0.2, 0.25) is 0 Å². The highest BCUT2D eigenvalue weighted by Gasteiger charge is 2.18. The molecule has 2 heterocycles. The van der Waals surface area contributed by atoms with Crippen LogP contribution in [0.25, 0.3) is 0 Å². The third-order valence-corrected chi connectivity index (χ3v) is 4.42. The van der Waals surface area contributed by atoms with E-state index in [-0.39, 0.29) is 0 Å². The minimum Gasteiger partial charge on any atom is -0.369 e. The molecule has 0 saturated carbocycles. The maximum absolute atomic E-state index is 5.66. The van der Waals surface area contributed by atoms with Crippen LogP contribution in [0.1, 0.15) is 16.8 Å². The Bertz CT molecular complexity index is 608. The summed E-state index contributed by atoms with van der Waals surface area (Å²) in [5, 5.41) is 4.42. The Morgan fingerprint density at radius 3 is 2.32 bits per heavy atom. The first-order valence-electron chi connectivity index (χ1n) is 7.91. The Kier molecular flexibility index (Phi) is 4.45. The van der Waals surface area contributed by atoms with Gasteiger partial charge in [0.1, 0.15) is 0 Å². The first-order chi connectivity index (χ1) is 10.7. The van der Waals surface area contributed by atoms with Crippen LogP contribution in [0, 0.1) is 6.92 Å². The number of piperazine rings is 1. The fourth-order valence-corrected chi connectivity index (χ4v) is 3.05. The van der Waals surface area contributed by atoms with Crippen molar-refractivity contribution in [3.63, 3.8) is 0 Å².